The minimum absolute atomic E-state index is 0.132. The fraction of sp³-hybridized carbons (Fsp3) is 0.800. The normalized spacial score (nSPS) is 31.5. The highest BCUT2D eigenvalue weighted by molar-refractivity contribution is 7.80. The van der Waals surface area contributed by atoms with Crippen molar-refractivity contribution in [1.29, 1.82) is 0 Å². The number of nitrogens with one attached hydrogen (secondary N) is 2. The number of esters is 4. The molecule has 0 spiro atoms. The lowest BCUT2D eigenvalue weighted by molar-refractivity contribution is -0.255. The Hall–Kier alpha value is -2.51. The molecule has 0 aromatic heterocycles. The van der Waals surface area contributed by atoms with E-state index in [2.05, 4.69) is 15.5 Å². The molecule has 2 saturated heterocycles. The Kier molecular flexibility index (Phi) is 11.1. The number of hydrogen-bond acceptors (Lipinski definition) is 11. The summed E-state index contributed by atoms with van der Waals surface area (Å²) in [5.74, 6) is -2.61. The first-order valence-corrected chi connectivity index (χ1v) is 13.6. The minimum atomic E-state index is -1.25. The summed E-state index contributed by atoms with van der Waals surface area (Å²) < 4.78 is 27.6. The van der Waals surface area contributed by atoms with E-state index in [1.165, 1.54) is 47.0 Å². The van der Waals surface area contributed by atoms with Crippen LogP contribution < -0.4 is 10.6 Å². The molecule has 2 N–H and O–H groups in total. The van der Waals surface area contributed by atoms with Crippen molar-refractivity contribution in [2.45, 2.75) is 109 Å². The molecule has 13 heteroatoms. The van der Waals surface area contributed by atoms with Crippen LogP contribution in [0.15, 0.2) is 0 Å². The van der Waals surface area contributed by atoms with Crippen LogP contribution in [-0.4, -0.2) is 96.3 Å². The molecule has 0 amide bonds. The highest BCUT2D eigenvalue weighted by Crippen LogP contribution is 2.29. The van der Waals surface area contributed by atoms with Gasteiger partial charge in [0.1, 0.15) is 12.7 Å². The Labute approximate surface area is 228 Å². The molecule has 0 bridgehead atoms. The Bertz CT molecular complexity index is 882. The van der Waals surface area contributed by atoms with E-state index in [-0.39, 0.29) is 17.8 Å². The quantitative estimate of drug-likeness (QED) is 0.249. The van der Waals surface area contributed by atoms with E-state index in [4.69, 9.17) is 35.9 Å². The first kappa shape index (κ1) is 30.0. The molecular weight excluding hydrogens is 518 g/mol. The summed E-state index contributed by atoms with van der Waals surface area (Å²) in [5, 5.41) is 6.75. The van der Waals surface area contributed by atoms with Crippen LogP contribution in [0, 0.1) is 0 Å². The average Bonchev–Trinajstić information content (AvgIpc) is 3.36. The smallest absolute Gasteiger partial charge is 0.303 e. The van der Waals surface area contributed by atoms with Gasteiger partial charge in [-0.05, 0) is 51.0 Å². The van der Waals surface area contributed by atoms with E-state index in [0.717, 1.165) is 32.4 Å². The van der Waals surface area contributed by atoms with Gasteiger partial charge in [-0.3, -0.25) is 24.1 Å². The number of carbonyl (C=O) groups is 4. The molecule has 38 heavy (non-hydrogen) atoms. The van der Waals surface area contributed by atoms with Crippen molar-refractivity contribution < 1.29 is 42.9 Å². The summed E-state index contributed by atoms with van der Waals surface area (Å²) in [6.07, 6.45) is 0.877. The second kappa shape index (κ2) is 14.0. The van der Waals surface area contributed by atoms with Gasteiger partial charge in [-0.15, -0.1) is 0 Å². The van der Waals surface area contributed by atoms with Crippen LogP contribution in [0.1, 0.15) is 66.2 Å². The van der Waals surface area contributed by atoms with Crippen molar-refractivity contribution in [2.24, 2.45) is 0 Å². The van der Waals surface area contributed by atoms with E-state index in [0.29, 0.717) is 6.04 Å². The molecular formula is C25H39N3O9S. The molecule has 0 aromatic rings. The fourth-order valence-corrected chi connectivity index (χ4v) is 5.74. The number of ether oxygens (including phenoxy) is 5. The zero-order chi connectivity index (χ0) is 27.8. The molecule has 1 aliphatic carbocycles. The molecule has 0 radical (unpaired) electrons. The molecule has 3 rings (SSSR count). The number of carbonyl (C=O) groups excluding carboxylic acids is 4. The van der Waals surface area contributed by atoms with Gasteiger partial charge in [-0.2, -0.15) is 0 Å². The van der Waals surface area contributed by atoms with Crippen LogP contribution in [0.2, 0.25) is 0 Å². The largest absolute Gasteiger partial charge is 0.463 e. The monoisotopic (exact) mass is 557 g/mol. The second-order valence-corrected chi connectivity index (χ2v) is 10.3. The average molecular weight is 558 g/mol. The number of rotatable bonds is 8. The Morgan fingerprint density at radius 3 is 1.97 bits per heavy atom. The van der Waals surface area contributed by atoms with Crippen LogP contribution in [0.5, 0.6) is 0 Å². The number of thiocarbonyl (C=S) groups is 1. The van der Waals surface area contributed by atoms with Gasteiger partial charge >= 0.3 is 23.9 Å². The molecule has 2 aliphatic heterocycles. The predicted molar refractivity (Wildman–Crippen MR) is 138 cm³/mol. The van der Waals surface area contributed by atoms with E-state index in [1.807, 2.05) is 0 Å². The molecule has 3 fully saturated rings. The summed E-state index contributed by atoms with van der Waals surface area (Å²) in [5.41, 5.74) is 0. The van der Waals surface area contributed by atoms with Crippen molar-refractivity contribution >= 4 is 41.2 Å². The third kappa shape index (κ3) is 8.50. The van der Waals surface area contributed by atoms with Crippen LogP contribution in [-0.2, 0) is 42.9 Å². The van der Waals surface area contributed by atoms with Gasteiger partial charge in [-0.1, -0.05) is 12.8 Å². The van der Waals surface area contributed by atoms with Gasteiger partial charge < -0.3 is 34.3 Å². The SMILES string of the molecule is CC(=O)OC[C@H]1O[C@@H](NC(=S)N[C@H]2CCCC[C@@H]2N2CCCC2)[C@H](OC(C)=O)[C@@H](OC(C)=O)[C@@H]1OC(C)=O. The summed E-state index contributed by atoms with van der Waals surface area (Å²) in [7, 11) is 0. The van der Waals surface area contributed by atoms with Crippen molar-refractivity contribution in [3.8, 4) is 0 Å². The van der Waals surface area contributed by atoms with Gasteiger partial charge in [-0.25, -0.2) is 0 Å². The van der Waals surface area contributed by atoms with E-state index < -0.39 is 54.5 Å². The Balaban J connectivity index is 1.82. The Morgan fingerprint density at radius 1 is 0.789 bits per heavy atom. The zero-order valence-corrected chi connectivity index (χ0v) is 23.3. The summed E-state index contributed by atoms with van der Waals surface area (Å²) in [6, 6.07) is 0.494. The topological polar surface area (TPSA) is 142 Å². The molecule has 12 nitrogen and oxygen atoms in total. The maximum Gasteiger partial charge on any atom is 0.303 e. The van der Waals surface area contributed by atoms with Crippen molar-refractivity contribution in [3.63, 3.8) is 0 Å². The number of hydrogen-bond donors (Lipinski definition) is 2. The highest BCUT2D eigenvalue weighted by Gasteiger charge is 2.52. The van der Waals surface area contributed by atoms with Gasteiger partial charge in [0.2, 0.25) is 0 Å². The fourth-order valence-electron chi connectivity index (χ4n) is 5.47. The first-order valence-electron chi connectivity index (χ1n) is 13.2. The second-order valence-electron chi connectivity index (χ2n) is 9.94. The van der Waals surface area contributed by atoms with E-state index >= 15 is 0 Å². The maximum atomic E-state index is 12.0. The van der Waals surface area contributed by atoms with Crippen molar-refractivity contribution in [3.05, 3.63) is 0 Å². The van der Waals surface area contributed by atoms with Gasteiger partial charge in [0.15, 0.2) is 29.7 Å². The van der Waals surface area contributed by atoms with Crippen LogP contribution in [0.25, 0.3) is 0 Å². The summed E-state index contributed by atoms with van der Waals surface area (Å²) in [4.78, 5) is 50.0. The Morgan fingerprint density at radius 2 is 1.37 bits per heavy atom. The van der Waals surface area contributed by atoms with Crippen molar-refractivity contribution in [2.75, 3.05) is 19.7 Å². The molecule has 0 aromatic carbocycles. The third-order valence-electron chi connectivity index (χ3n) is 6.92. The number of likely N-dealkylation sites (tertiary alicyclic amines) is 1. The maximum absolute atomic E-state index is 12.0. The molecule has 0 unspecified atom stereocenters. The summed E-state index contributed by atoms with van der Waals surface area (Å²) in [6.45, 7) is 6.64. The highest BCUT2D eigenvalue weighted by atomic mass is 32.1. The minimum Gasteiger partial charge on any atom is -0.463 e. The van der Waals surface area contributed by atoms with E-state index in [1.54, 1.807) is 0 Å². The van der Waals surface area contributed by atoms with E-state index in [9.17, 15) is 19.2 Å². The molecule has 7 atom stereocenters. The number of nitrogens with zero attached hydrogens (tertiary/aromatic N) is 1. The molecule has 2 heterocycles. The lowest BCUT2D eigenvalue weighted by atomic mass is 9.89. The lowest BCUT2D eigenvalue weighted by Gasteiger charge is -2.45. The van der Waals surface area contributed by atoms with Crippen molar-refractivity contribution in [1.82, 2.24) is 15.5 Å². The zero-order valence-electron chi connectivity index (χ0n) is 22.4. The molecule has 214 valence electrons. The van der Waals surface area contributed by atoms with Crippen LogP contribution in [0.4, 0.5) is 0 Å². The predicted octanol–water partition coefficient (Wildman–Crippen LogP) is 0.941. The first-order chi connectivity index (χ1) is 18.0. The third-order valence-corrected chi connectivity index (χ3v) is 7.16. The van der Waals surface area contributed by atoms with Crippen LogP contribution in [0.3, 0.4) is 0 Å². The standard InChI is InChI=1S/C25H39N3O9S/c1-14(29)33-13-20-21(34-15(2)30)22(35-16(3)31)23(36-17(4)32)24(37-20)27-25(38)26-18-9-5-6-10-19(18)28-11-7-8-12-28/h18-24H,5-13H2,1-4H3,(H2,26,27,38)/t18-,19-,20+,21+,22-,23+,24+/m0/s1. The molecule has 3 aliphatic rings. The van der Waals surface area contributed by atoms with Gasteiger partial charge in [0, 0.05) is 39.8 Å². The van der Waals surface area contributed by atoms with Crippen LogP contribution >= 0.6 is 12.2 Å². The summed E-state index contributed by atoms with van der Waals surface area (Å²) >= 11 is 5.64. The van der Waals surface area contributed by atoms with Gasteiger partial charge in [0.25, 0.3) is 0 Å². The van der Waals surface area contributed by atoms with Gasteiger partial charge in [0.05, 0.1) is 0 Å². The molecule has 1 saturated carbocycles. The lowest BCUT2D eigenvalue weighted by Crippen LogP contribution is -2.67.